The second-order valence-electron chi connectivity index (χ2n) is 7.02. The molecule has 0 saturated carbocycles. The van der Waals surface area contributed by atoms with Gasteiger partial charge < -0.3 is 0 Å². The van der Waals surface area contributed by atoms with Crippen molar-refractivity contribution in [2.75, 3.05) is 0 Å². The van der Waals surface area contributed by atoms with Crippen molar-refractivity contribution < 1.29 is 0 Å². The summed E-state index contributed by atoms with van der Waals surface area (Å²) in [5, 5.41) is 9.41. The maximum Gasteiger partial charge on any atom is 0.100 e. The first-order valence-electron chi connectivity index (χ1n) is 9.98. The Kier molecular flexibility index (Phi) is 6.67. The van der Waals surface area contributed by atoms with Crippen LogP contribution < -0.4 is 0 Å². The highest BCUT2D eigenvalue weighted by Crippen LogP contribution is 2.21. The van der Waals surface area contributed by atoms with Crippen molar-refractivity contribution in [2.45, 2.75) is 39.5 Å². The summed E-state index contributed by atoms with van der Waals surface area (Å²) >= 11 is 0. The lowest BCUT2D eigenvalue weighted by Crippen LogP contribution is -1.89. The molecule has 1 heteroatoms. The van der Waals surface area contributed by atoms with Crippen molar-refractivity contribution in [3.8, 4) is 29.0 Å². The molecule has 1 nitrogen and oxygen atoms in total. The van der Waals surface area contributed by atoms with E-state index >= 15 is 0 Å². The van der Waals surface area contributed by atoms with Crippen molar-refractivity contribution in [3.05, 3.63) is 94.5 Å². The van der Waals surface area contributed by atoms with Gasteiger partial charge >= 0.3 is 0 Å². The van der Waals surface area contributed by atoms with Gasteiger partial charge in [-0.2, -0.15) is 5.26 Å². The molecule has 0 aliphatic heterocycles. The van der Waals surface area contributed by atoms with Crippen molar-refractivity contribution in [3.63, 3.8) is 0 Å². The Morgan fingerprint density at radius 3 is 1.82 bits per heavy atom. The number of nitriles is 1. The van der Waals surface area contributed by atoms with E-state index in [4.69, 9.17) is 0 Å². The fourth-order valence-electron chi connectivity index (χ4n) is 3.28. The molecule has 0 spiro atoms. The third-order valence-corrected chi connectivity index (χ3v) is 4.80. The Bertz CT molecular complexity index is 1020. The van der Waals surface area contributed by atoms with Gasteiger partial charge in [-0.05, 0) is 59.4 Å². The molecule has 0 amide bonds. The van der Waals surface area contributed by atoms with Crippen LogP contribution >= 0.6 is 0 Å². The van der Waals surface area contributed by atoms with Crippen LogP contribution in [0.3, 0.4) is 0 Å². The SMILES string of the molecule is CCCc1ccc(-c2ccc(C#Cc3ccc(CCC)cc3C#N)cc2)cc1. The molecule has 28 heavy (non-hydrogen) atoms. The molecular formula is C27H25N. The lowest BCUT2D eigenvalue weighted by molar-refractivity contribution is 0.921. The smallest absolute Gasteiger partial charge is 0.100 e. The van der Waals surface area contributed by atoms with E-state index < -0.39 is 0 Å². The van der Waals surface area contributed by atoms with E-state index in [-0.39, 0.29) is 0 Å². The Morgan fingerprint density at radius 1 is 0.643 bits per heavy atom. The minimum atomic E-state index is 0.655. The molecule has 0 atom stereocenters. The van der Waals surface area contributed by atoms with Crippen LogP contribution in [0.4, 0.5) is 0 Å². The summed E-state index contributed by atoms with van der Waals surface area (Å²) < 4.78 is 0. The maximum atomic E-state index is 9.41. The predicted molar refractivity (Wildman–Crippen MR) is 117 cm³/mol. The second kappa shape index (κ2) is 9.59. The molecule has 0 saturated heterocycles. The van der Waals surface area contributed by atoms with Crippen LogP contribution in [-0.2, 0) is 12.8 Å². The average molecular weight is 364 g/mol. The zero-order valence-electron chi connectivity index (χ0n) is 16.6. The molecule has 3 rings (SSSR count). The molecule has 0 radical (unpaired) electrons. The van der Waals surface area contributed by atoms with Gasteiger partial charge in [0.2, 0.25) is 0 Å². The van der Waals surface area contributed by atoms with E-state index in [0.717, 1.165) is 30.4 Å². The summed E-state index contributed by atoms with van der Waals surface area (Å²) in [6.45, 7) is 4.34. The summed E-state index contributed by atoms with van der Waals surface area (Å²) in [6.07, 6.45) is 4.35. The Morgan fingerprint density at radius 2 is 1.21 bits per heavy atom. The molecule has 3 aromatic carbocycles. The van der Waals surface area contributed by atoms with E-state index in [2.05, 4.69) is 74.2 Å². The fraction of sp³-hybridized carbons (Fsp3) is 0.222. The summed E-state index contributed by atoms with van der Waals surface area (Å²) in [5.41, 5.74) is 7.38. The second-order valence-corrected chi connectivity index (χ2v) is 7.02. The van der Waals surface area contributed by atoms with Gasteiger partial charge in [-0.25, -0.2) is 0 Å². The van der Waals surface area contributed by atoms with E-state index in [9.17, 15) is 5.26 Å². The van der Waals surface area contributed by atoms with Gasteiger partial charge in [-0.1, -0.05) is 81.0 Å². The highest BCUT2D eigenvalue weighted by Gasteiger charge is 2.02. The number of hydrogen-bond donors (Lipinski definition) is 0. The van der Waals surface area contributed by atoms with Crippen molar-refractivity contribution in [2.24, 2.45) is 0 Å². The van der Waals surface area contributed by atoms with Gasteiger partial charge in [0.1, 0.15) is 6.07 Å². The number of hydrogen-bond acceptors (Lipinski definition) is 1. The van der Waals surface area contributed by atoms with Crippen LogP contribution in [0.15, 0.2) is 66.7 Å². The molecular weight excluding hydrogens is 338 g/mol. The summed E-state index contributed by atoms with van der Waals surface area (Å²) in [5.74, 6) is 6.35. The topological polar surface area (TPSA) is 23.8 Å². The summed E-state index contributed by atoms with van der Waals surface area (Å²) in [7, 11) is 0. The highest BCUT2D eigenvalue weighted by atomic mass is 14.2. The Hall–Kier alpha value is -3.29. The van der Waals surface area contributed by atoms with Gasteiger partial charge in [0, 0.05) is 11.1 Å². The minimum absolute atomic E-state index is 0.655. The molecule has 138 valence electrons. The van der Waals surface area contributed by atoms with E-state index in [0.29, 0.717) is 5.56 Å². The minimum Gasteiger partial charge on any atom is -0.192 e. The quantitative estimate of drug-likeness (QED) is 0.473. The molecule has 0 unspecified atom stereocenters. The molecule has 0 aliphatic rings. The number of nitrogens with zero attached hydrogens (tertiary/aromatic N) is 1. The summed E-state index contributed by atoms with van der Waals surface area (Å²) in [4.78, 5) is 0. The molecule has 3 aromatic rings. The van der Waals surface area contributed by atoms with Crippen LogP contribution in [0.25, 0.3) is 11.1 Å². The largest absolute Gasteiger partial charge is 0.192 e. The fourth-order valence-corrected chi connectivity index (χ4v) is 3.28. The summed E-state index contributed by atoms with van der Waals surface area (Å²) in [6, 6.07) is 25.3. The van der Waals surface area contributed by atoms with Gasteiger partial charge in [-0.15, -0.1) is 0 Å². The van der Waals surface area contributed by atoms with Gasteiger partial charge in [0.05, 0.1) is 5.56 Å². The third-order valence-electron chi connectivity index (χ3n) is 4.80. The molecule has 0 bridgehead atoms. The molecule has 0 aromatic heterocycles. The molecule has 0 fully saturated rings. The normalized spacial score (nSPS) is 10.0. The lowest BCUT2D eigenvalue weighted by atomic mass is 10.0. The highest BCUT2D eigenvalue weighted by molar-refractivity contribution is 5.65. The van der Waals surface area contributed by atoms with Gasteiger partial charge in [-0.3, -0.25) is 0 Å². The van der Waals surface area contributed by atoms with Crippen molar-refractivity contribution >= 4 is 0 Å². The van der Waals surface area contributed by atoms with Crippen LogP contribution in [0, 0.1) is 23.2 Å². The number of rotatable bonds is 5. The van der Waals surface area contributed by atoms with Crippen LogP contribution in [0.2, 0.25) is 0 Å². The maximum absolute atomic E-state index is 9.41. The third kappa shape index (κ3) is 4.91. The predicted octanol–water partition coefficient (Wildman–Crippen LogP) is 6.53. The average Bonchev–Trinajstić information content (AvgIpc) is 2.74. The zero-order chi connectivity index (χ0) is 19.8. The molecule has 0 N–H and O–H groups in total. The van der Waals surface area contributed by atoms with Crippen molar-refractivity contribution in [1.29, 1.82) is 5.26 Å². The van der Waals surface area contributed by atoms with E-state index in [1.807, 2.05) is 24.3 Å². The molecule has 0 aliphatic carbocycles. The first-order chi connectivity index (χ1) is 13.7. The van der Waals surface area contributed by atoms with E-state index in [1.54, 1.807) is 0 Å². The monoisotopic (exact) mass is 363 g/mol. The van der Waals surface area contributed by atoms with Crippen LogP contribution in [-0.4, -0.2) is 0 Å². The Labute approximate surface area is 168 Å². The van der Waals surface area contributed by atoms with Crippen LogP contribution in [0.5, 0.6) is 0 Å². The molecule has 0 heterocycles. The van der Waals surface area contributed by atoms with Gasteiger partial charge in [0.25, 0.3) is 0 Å². The van der Waals surface area contributed by atoms with E-state index in [1.165, 1.54) is 28.7 Å². The van der Waals surface area contributed by atoms with Crippen molar-refractivity contribution in [1.82, 2.24) is 0 Å². The van der Waals surface area contributed by atoms with Crippen LogP contribution in [0.1, 0.15) is 54.5 Å². The van der Waals surface area contributed by atoms with Gasteiger partial charge in [0.15, 0.2) is 0 Å². The number of benzene rings is 3. The number of aryl methyl sites for hydroxylation is 2. The standard InChI is InChI=1S/C27H25N/c1-3-5-21-7-13-24(14-8-21)25-15-9-22(10-16-25)11-17-26-18-12-23(6-4-2)19-27(26)20-28/h7-10,12-16,18-19H,3-6H2,1-2H3. The first kappa shape index (κ1) is 19.5. The zero-order valence-corrected chi connectivity index (χ0v) is 16.6. The lowest BCUT2D eigenvalue weighted by Gasteiger charge is -2.04. The first-order valence-corrected chi connectivity index (χ1v) is 9.98. The Balaban J connectivity index is 1.77.